The highest BCUT2D eigenvalue weighted by molar-refractivity contribution is 5.29. The highest BCUT2D eigenvalue weighted by Gasteiger charge is 2.10. The van der Waals surface area contributed by atoms with E-state index in [0.29, 0.717) is 17.9 Å². The van der Waals surface area contributed by atoms with E-state index in [1.165, 1.54) is 6.33 Å². The number of hydrogen-bond donors (Lipinski definition) is 2. The monoisotopic (exact) mass is 195 g/mol. The van der Waals surface area contributed by atoms with E-state index in [9.17, 15) is 0 Å². The quantitative estimate of drug-likeness (QED) is 0.757. The lowest BCUT2D eigenvalue weighted by atomic mass is 10.0. The van der Waals surface area contributed by atoms with Crippen LogP contribution in [0.25, 0.3) is 0 Å². The Bertz CT molecular complexity index is 288. The molecule has 1 rings (SSSR count). The van der Waals surface area contributed by atoms with Gasteiger partial charge in [-0.15, -0.1) is 0 Å². The molecular weight excluding hydrogens is 178 g/mol. The van der Waals surface area contributed by atoms with Gasteiger partial charge < -0.3 is 11.1 Å². The van der Waals surface area contributed by atoms with Gasteiger partial charge in [0.1, 0.15) is 6.33 Å². The van der Waals surface area contributed by atoms with Gasteiger partial charge in [-0.25, -0.2) is 9.97 Å². The number of hydrogen-bond acceptors (Lipinski definition) is 5. The zero-order valence-electron chi connectivity index (χ0n) is 8.86. The predicted octanol–water partition coefficient (Wildman–Crippen LogP) is 1.30. The van der Waals surface area contributed by atoms with Gasteiger partial charge in [0.25, 0.3) is 0 Å². The fraction of sp³-hybridized carbons (Fsp3) is 0.667. The first-order valence-corrected chi connectivity index (χ1v) is 4.84. The van der Waals surface area contributed by atoms with Crippen LogP contribution >= 0.6 is 0 Å². The number of nitrogen functional groups attached to an aromatic ring is 1. The van der Waals surface area contributed by atoms with Crippen molar-refractivity contribution in [2.24, 2.45) is 5.92 Å². The molecule has 5 nitrogen and oxygen atoms in total. The smallest absolute Gasteiger partial charge is 0.227 e. The summed E-state index contributed by atoms with van der Waals surface area (Å²) in [4.78, 5) is 11.7. The van der Waals surface area contributed by atoms with Gasteiger partial charge in [0, 0.05) is 6.04 Å². The Labute approximate surface area is 84.2 Å². The minimum atomic E-state index is 0.249. The van der Waals surface area contributed by atoms with Gasteiger partial charge in [-0.05, 0) is 12.8 Å². The molecule has 1 aromatic heterocycles. The van der Waals surface area contributed by atoms with Crippen molar-refractivity contribution in [3.8, 4) is 0 Å². The van der Waals surface area contributed by atoms with Crippen LogP contribution in [0.15, 0.2) is 6.33 Å². The molecule has 5 heteroatoms. The van der Waals surface area contributed by atoms with Crippen molar-refractivity contribution in [3.05, 3.63) is 6.33 Å². The summed E-state index contributed by atoms with van der Waals surface area (Å²) in [6.07, 6.45) is 2.53. The van der Waals surface area contributed by atoms with E-state index in [1.807, 2.05) is 0 Å². The van der Waals surface area contributed by atoms with Gasteiger partial charge in [0.15, 0.2) is 0 Å². The zero-order chi connectivity index (χ0) is 10.6. The Morgan fingerprint density at radius 3 is 2.71 bits per heavy atom. The van der Waals surface area contributed by atoms with Crippen molar-refractivity contribution >= 4 is 11.9 Å². The predicted molar refractivity (Wildman–Crippen MR) is 56.8 cm³/mol. The first kappa shape index (κ1) is 10.7. The maximum atomic E-state index is 5.44. The summed E-state index contributed by atoms with van der Waals surface area (Å²) in [5.74, 6) is 1.37. The number of nitrogens with one attached hydrogen (secondary N) is 1. The Hall–Kier alpha value is -1.39. The summed E-state index contributed by atoms with van der Waals surface area (Å²) < 4.78 is 0. The summed E-state index contributed by atoms with van der Waals surface area (Å²) in [6, 6.07) is 0.335. The van der Waals surface area contributed by atoms with Crippen molar-refractivity contribution in [1.29, 1.82) is 0 Å². The first-order chi connectivity index (χ1) is 6.63. The molecule has 0 bridgehead atoms. The summed E-state index contributed by atoms with van der Waals surface area (Å²) in [6.45, 7) is 6.45. The number of nitrogens with zero attached hydrogens (tertiary/aromatic N) is 3. The summed E-state index contributed by atoms with van der Waals surface area (Å²) in [5, 5.41) is 3.19. The van der Waals surface area contributed by atoms with Crippen molar-refractivity contribution in [1.82, 2.24) is 15.0 Å². The summed E-state index contributed by atoms with van der Waals surface area (Å²) in [7, 11) is 0. The highest BCUT2D eigenvalue weighted by atomic mass is 15.2. The van der Waals surface area contributed by atoms with Crippen LogP contribution in [-0.4, -0.2) is 21.0 Å². The molecule has 1 aromatic rings. The van der Waals surface area contributed by atoms with E-state index in [4.69, 9.17) is 5.73 Å². The van der Waals surface area contributed by atoms with Crippen LogP contribution in [-0.2, 0) is 0 Å². The Morgan fingerprint density at radius 1 is 1.43 bits per heavy atom. The van der Waals surface area contributed by atoms with E-state index >= 15 is 0 Å². The molecule has 1 heterocycles. The topological polar surface area (TPSA) is 76.7 Å². The first-order valence-electron chi connectivity index (χ1n) is 4.84. The largest absolute Gasteiger partial charge is 0.368 e. The van der Waals surface area contributed by atoms with Gasteiger partial charge >= 0.3 is 0 Å². The molecular formula is C9H17N5. The molecule has 78 valence electrons. The molecule has 0 aliphatic rings. The number of nitrogens with two attached hydrogens (primary N) is 1. The van der Waals surface area contributed by atoms with E-state index < -0.39 is 0 Å². The minimum absolute atomic E-state index is 0.249. The molecule has 0 saturated heterocycles. The molecule has 0 amide bonds. The van der Waals surface area contributed by atoms with Gasteiger partial charge in [0.05, 0.1) is 0 Å². The summed E-state index contributed by atoms with van der Waals surface area (Å²) in [5.41, 5.74) is 5.44. The van der Waals surface area contributed by atoms with Crippen LogP contribution in [0.2, 0.25) is 0 Å². The third kappa shape index (κ3) is 2.83. The molecule has 0 aromatic carbocycles. The Kier molecular flexibility index (Phi) is 3.62. The number of anilines is 2. The van der Waals surface area contributed by atoms with Crippen LogP contribution in [0.5, 0.6) is 0 Å². The third-order valence-electron chi connectivity index (χ3n) is 2.44. The average molecular weight is 195 g/mol. The van der Waals surface area contributed by atoms with Gasteiger partial charge in [-0.1, -0.05) is 20.3 Å². The standard InChI is InChI=1S/C9H17N5/c1-4-6(2)7(3)13-9-12-5-11-8(10)14-9/h5-7H,4H2,1-3H3,(H3,10,11,12,13,14). The van der Waals surface area contributed by atoms with Crippen molar-refractivity contribution in [2.45, 2.75) is 33.2 Å². The SMILES string of the molecule is CCC(C)C(C)Nc1ncnc(N)n1. The maximum absolute atomic E-state index is 5.44. The fourth-order valence-corrected chi connectivity index (χ4v) is 1.08. The molecule has 14 heavy (non-hydrogen) atoms. The normalized spacial score (nSPS) is 14.8. The fourth-order valence-electron chi connectivity index (χ4n) is 1.08. The second kappa shape index (κ2) is 4.74. The second-order valence-corrected chi connectivity index (χ2v) is 3.49. The molecule has 0 aliphatic carbocycles. The molecule has 0 saturated carbocycles. The number of aromatic nitrogens is 3. The zero-order valence-corrected chi connectivity index (χ0v) is 8.86. The lowest BCUT2D eigenvalue weighted by Crippen LogP contribution is -2.24. The van der Waals surface area contributed by atoms with Gasteiger partial charge in [0.2, 0.25) is 11.9 Å². The molecule has 2 atom stereocenters. The highest BCUT2D eigenvalue weighted by Crippen LogP contribution is 2.11. The van der Waals surface area contributed by atoms with Crippen LogP contribution in [0.4, 0.5) is 11.9 Å². The summed E-state index contributed by atoms with van der Waals surface area (Å²) >= 11 is 0. The molecule has 2 unspecified atom stereocenters. The van der Waals surface area contributed by atoms with Gasteiger partial charge in [-0.3, -0.25) is 0 Å². The third-order valence-corrected chi connectivity index (χ3v) is 2.44. The van der Waals surface area contributed by atoms with Crippen molar-refractivity contribution in [2.75, 3.05) is 11.1 Å². The van der Waals surface area contributed by atoms with E-state index in [2.05, 4.69) is 41.0 Å². The van der Waals surface area contributed by atoms with Crippen LogP contribution in [0, 0.1) is 5.92 Å². The lowest BCUT2D eigenvalue weighted by Gasteiger charge is -2.19. The van der Waals surface area contributed by atoms with Crippen LogP contribution in [0.1, 0.15) is 27.2 Å². The second-order valence-electron chi connectivity index (χ2n) is 3.49. The van der Waals surface area contributed by atoms with E-state index in [0.717, 1.165) is 6.42 Å². The van der Waals surface area contributed by atoms with Gasteiger partial charge in [-0.2, -0.15) is 4.98 Å². The Balaban J connectivity index is 2.60. The van der Waals surface area contributed by atoms with E-state index in [1.54, 1.807) is 0 Å². The maximum Gasteiger partial charge on any atom is 0.227 e. The van der Waals surface area contributed by atoms with Crippen molar-refractivity contribution in [3.63, 3.8) is 0 Å². The van der Waals surface area contributed by atoms with Crippen LogP contribution in [0.3, 0.4) is 0 Å². The average Bonchev–Trinajstić information content (AvgIpc) is 2.16. The molecule has 0 spiro atoms. The van der Waals surface area contributed by atoms with Crippen molar-refractivity contribution < 1.29 is 0 Å². The van der Waals surface area contributed by atoms with Crippen LogP contribution < -0.4 is 11.1 Å². The lowest BCUT2D eigenvalue weighted by molar-refractivity contribution is 0.492. The molecule has 3 N–H and O–H groups in total. The minimum Gasteiger partial charge on any atom is -0.368 e. The molecule has 0 fully saturated rings. The van der Waals surface area contributed by atoms with E-state index in [-0.39, 0.29) is 5.95 Å². The number of rotatable bonds is 4. The molecule has 0 radical (unpaired) electrons. The molecule has 0 aliphatic heterocycles. The Morgan fingerprint density at radius 2 is 2.14 bits per heavy atom.